The van der Waals surface area contributed by atoms with Gasteiger partial charge >= 0.3 is 0 Å². The van der Waals surface area contributed by atoms with Gasteiger partial charge in [0.05, 0.1) is 6.04 Å². The number of hydrogen-bond acceptors (Lipinski definition) is 5. The minimum atomic E-state index is -0.933. The summed E-state index contributed by atoms with van der Waals surface area (Å²) in [5.74, 6) is -0.804. The highest BCUT2D eigenvalue weighted by molar-refractivity contribution is 5.97. The van der Waals surface area contributed by atoms with E-state index in [1.807, 2.05) is 0 Å². The summed E-state index contributed by atoms with van der Waals surface area (Å²) in [4.78, 5) is 33.9. The predicted molar refractivity (Wildman–Crippen MR) is 79.4 cm³/mol. The third-order valence-corrected chi connectivity index (χ3v) is 4.57. The summed E-state index contributed by atoms with van der Waals surface area (Å²) in [5, 5.41) is 31.3. The molecule has 4 unspecified atom stereocenters. The van der Waals surface area contributed by atoms with Crippen LogP contribution in [0.25, 0.3) is 0 Å². The molecule has 13 heteroatoms. The van der Waals surface area contributed by atoms with Crippen molar-refractivity contribution in [1.29, 1.82) is 0 Å². The van der Waals surface area contributed by atoms with E-state index in [9.17, 15) is 25.0 Å². The van der Waals surface area contributed by atoms with Gasteiger partial charge in [-0.3, -0.25) is 15.6 Å². The Hall–Kier alpha value is -2.99. The number of hydrazone groups is 2. The molecule has 1 aliphatic heterocycles. The lowest BCUT2D eigenvalue weighted by molar-refractivity contribution is -0.486. The quantitative estimate of drug-likeness (QED) is 0.344. The molecule has 0 radical (unpaired) electrons. The first-order valence-corrected chi connectivity index (χ1v) is 7.50. The maximum atomic E-state index is 12.6. The zero-order chi connectivity index (χ0) is 17.3. The Morgan fingerprint density at radius 1 is 0.958 bits per heavy atom. The molecule has 0 aromatic rings. The number of nitrogens with zero attached hydrogens (tertiary/aromatic N) is 4. The first-order valence-electron chi connectivity index (χ1n) is 7.50. The van der Waals surface area contributed by atoms with Crippen LogP contribution in [0.4, 0.5) is 0 Å². The summed E-state index contributed by atoms with van der Waals surface area (Å²) in [6.45, 7) is 0. The van der Waals surface area contributed by atoms with E-state index in [-0.39, 0.29) is 29.5 Å². The Kier molecular flexibility index (Phi) is 4.14. The van der Waals surface area contributed by atoms with Crippen LogP contribution < -0.4 is 21.5 Å². The summed E-state index contributed by atoms with van der Waals surface area (Å²) in [6.07, 6.45) is 3.44. The molecule has 13 nitrogen and oxygen atoms in total. The van der Waals surface area contributed by atoms with E-state index in [4.69, 9.17) is 0 Å². The van der Waals surface area contributed by atoms with Gasteiger partial charge in [0, 0.05) is 5.92 Å². The van der Waals surface area contributed by atoms with Crippen molar-refractivity contribution >= 4 is 17.7 Å². The van der Waals surface area contributed by atoms with E-state index in [0.29, 0.717) is 0 Å². The summed E-state index contributed by atoms with van der Waals surface area (Å²) in [7, 11) is 0. The second-order valence-corrected chi connectivity index (χ2v) is 5.87. The number of carbonyl (C=O) groups excluding carboxylic acids is 1. The third-order valence-electron chi connectivity index (χ3n) is 4.57. The first-order chi connectivity index (χ1) is 11.5. The van der Waals surface area contributed by atoms with Crippen molar-refractivity contribution in [3.63, 3.8) is 0 Å². The zero-order valence-electron chi connectivity index (χ0n) is 12.5. The highest BCUT2D eigenvalue weighted by Gasteiger charge is 2.52. The largest absolute Gasteiger partial charge is 0.344 e. The zero-order valence-corrected chi connectivity index (χ0v) is 12.5. The van der Waals surface area contributed by atoms with E-state index < -0.39 is 22.1 Å². The fourth-order valence-electron chi connectivity index (χ4n) is 3.72. The number of ketones is 1. The number of nitrogens with one attached hydrogen (secondary N) is 4. The lowest BCUT2D eigenvalue weighted by Gasteiger charge is -2.31. The van der Waals surface area contributed by atoms with Gasteiger partial charge < -0.3 is 10.6 Å². The van der Waals surface area contributed by atoms with Crippen LogP contribution in [0, 0.1) is 32.1 Å². The number of rotatable bonds is 2. The Labute approximate surface area is 135 Å². The van der Waals surface area contributed by atoms with Crippen LogP contribution in [0.3, 0.4) is 0 Å². The molecule has 4 atom stereocenters. The number of hydrazine groups is 1. The highest BCUT2D eigenvalue weighted by Crippen LogP contribution is 2.40. The van der Waals surface area contributed by atoms with Crippen LogP contribution in [-0.4, -0.2) is 39.9 Å². The molecule has 2 aliphatic carbocycles. The molecule has 3 aliphatic rings. The summed E-state index contributed by atoms with van der Waals surface area (Å²) >= 11 is 0. The Bertz CT molecular complexity index is 634. The van der Waals surface area contributed by atoms with Gasteiger partial charge in [0.15, 0.2) is 15.8 Å². The van der Waals surface area contributed by atoms with Crippen LogP contribution in [0.2, 0.25) is 0 Å². The lowest BCUT2D eigenvalue weighted by Crippen LogP contribution is -2.65. The van der Waals surface area contributed by atoms with E-state index in [1.54, 1.807) is 0 Å². The van der Waals surface area contributed by atoms with Crippen molar-refractivity contribution in [2.45, 2.75) is 37.8 Å². The summed E-state index contributed by atoms with van der Waals surface area (Å²) < 4.78 is 0. The molecule has 130 valence electrons. The fraction of sp³-hybridized carbons (Fsp3) is 0.727. The number of fused-ring (bicyclic) bond motifs is 3. The standard InChI is InChI=1S/C11H16N8O5/c20-9-6-4-2-1-3-5(6)7-8(9)13-11(17-19(23)24)15-14-10(12-7)16-18(21)22/h5-8H,1-4H2,(H2,12,14,16)(H2,13,15,17). The van der Waals surface area contributed by atoms with E-state index in [1.165, 1.54) is 0 Å². The van der Waals surface area contributed by atoms with Gasteiger partial charge in [-0.15, -0.1) is 0 Å². The summed E-state index contributed by atoms with van der Waals surface area (Å²) in [6, 6.07) is -1.24. The molecule has 4 N–H and O–H groups in total. The molecular formula is C11H16N8O5. The third kappa shape index (κ3) is 3.04. The second-order valence-electron chi connectivity index (χ2n) is 5.87. The average molecular weight is 340 g/mol. The Balaban J connectivity index is 1.94. The maximum absolute atomic E-state index is 12.6. The monoisotopic (exact) mass is 340 g/mol. The van der Waals surface area contributed by atoms with Gasteiger partial charge in [-0.05, 0) is 18.8 Å². The molecule has 2 saturated carbocycles. The van der Waals surface area contributed by atoms with Gasteiger partial charge in [0.1, 0.15) is 16.2 Å². The molecule has 0 bridgehead atoms. The topological polar surface area (TPSA) is 176 Å². The van der Waals surface area contributed by atoms with Crippen LogP contribution >= 0.6 is 0 Å². The van der Waals surface area contributed by atoms with Crippen LogP contribution in [0.1, 0.15) is 25.7 Å². The van der Waals surface area contributed by atoms with Gasteiger partial charge in [-0.2, -0.15) is 0 Å². The molecule has 1 heterocycles. The fourth-order valence-corrected chi connectivity index (χ4v) is 3.72. The smallest absolute Gasteiger partial charge is 0.288 e. The molecule has 24 heavy (non-hydrogen) atoms. The molecule has 3 rings (SSSR count). The molecule has 0 aromatic carbocycles. The van der Waals surface area contributed by atoms with Crippen molar-refractivity contribution in [3.8, 4) is 0 Å². The number of carbonyl (C=O) groups is 1. The minimum Gasteiger partial charge on any atom is -0.344 e. The Morgan fingerprint density at radius 3 is 2.17 bits per heavy atom. The SMILES string of the molecule is O=C1C2CCCCC2C2N/C(=N/[N+](=O)[O-])NN/C(=N/[N+](=O)[O-])NC12. The van der Waals surface area contributed by atoms with E-state index in [2.05, 4.69) is 31.7 Å². The van der Waals surface area contributed by atoms with E-state index >= 15 is 0 Å². The van der Waals surface area contributed by atoms with Crippen molar-refractivity contribution in [2.75, 3.05) is 0 Å². The van der Waals surface area contributed by atoms with Crippen LogP contribution in [0.5, 0.6) is 0 Å². The lowest BCUT2D eigenvalue weighted by atomic mass is 9.80. The van der Waals surface area contributed by atoms with Crippen molar-refractivity contribution in [1.82, 2.24) is 21.5 Å². The average Bonchev–Trinajstić information content (AvgIpc) is 2.75. The molecular weight excluding hydrogens is 324 g/mol. The highest BCUT2D eigenvalue weighted by atomic mass is 16.7. The van der Waals surface area contributed by atoms with Crippen molar-refractivity contribution in [3.05, 3.63) is 20.2 Å². The van der Waals surface area contributed by atoms with Crippen molar-refractivity contribution < 1.29 is 14.9 Å². The van der Waals surface area contributed by atoms with Gasteiger partial charge in [0.25, 0.3) is 11.9 Å². The molecule has 3 fully saturated rings. The molecule has 0 spiro atoms. The summed E-state index contributed by atoms with van der Waals surface area (Å²) in [5.41, 5.74) is 4.69. The number of nitro groups is 2. The van der Waals surface area contributed by atoms with Gasteiger partial charge in [0.2, 0.25) is 0 Å². The van der Waals surface area contributed by atoms with E-state index in [0.717, 1.165) is 25.7 Å². The number of guanidine groups is 2. The Morgan fingerprint density at radius 2 is 1.54 bits per heavy atom. The normalized spacial score (nSPS) is 35.4. The predicted octanol–water partition coefficient (Wildman–Crippen LogP) is -1.50. The van der Waals surface area contributed by atoms with Crippen LogP contribution in [-0.2, 0) is 4.79 Å². The van der Waals surface area contributed by atoms with Gasteiger partial charge in [-0.1, -0.05) is 12.8 Å². The molecule has 0 aromatic heterocycles. The van der Waals surface area contributed by atoms with Gasteiger partial charge in [-0.25, -0.2) is 20.2 Å². The molecule has 0 amide bonds. The van der Waals surface area contributed by atoms with Crippen molar-refractivity contribution in [2.24, 2.45) is 22.0 Å². The second kappa shape index (κ2) is 6.25. The minimum absolute atomic E-state index is 0.0162. The number of hydrogen-bond donors (Lipinski definition) is 4. The number of Topliss-reactive ketones (excluding diaryl/α,β-unsaturated/α-hetero) is 1. The van der Waals surface area contributed by atoms with Crippen LogP contribution in [0.15, 0.2) is 10.2 Å². The molecule has 1 saturated heterocycles. The maximum Gasteiger partial charge on any atom is 0.288 e. The first kappa shape index (κ1) is 15.9.